The van der Waals surface area contributed by atoms with Gasteiger partial charge in [0.15, 0.2) is 11.2 Å². The van der Waals surface area contributed by atoms with Gasteiger partial charge in [0.25, 0.3) is 11.5 Å². The minimum Gasteiger partial charge on any atom is -0.497 e. The molecule has 13 nitrogen and oxygen atoms in total. The lowest BCUT2D eigenvalue weighted by Crippen LogP contribution is -2.37. The zero-order valence-electron chi connectivity index (χ0n) is 19.1. The van der Waals surface area contributed by atoms with Gasteiger partial charge in [-0.3, -0.25) is 28.8 Å². The standard InChI is InChI=1S/C21H22N8O5S/c1-27-17-16(19(32)28(2)21(27)33)29(11-23-17)10-14(30)24-20-26-25-15(35-20)7-8-22-18(31)12-5-4-6-13(9-12)34-3/h4-6,9,11H,7-8,10H2,1-3H3,(H,22,31)(H,24,26,30). The van der Waals surface area contributed by atoms with E-state index in [0.29, 0.717) is 29.3 Å². The Morgan fingerprint density at radius 1 is 1.14 bits per heavy atom. The summed E-state index contributed by atoms with van der Waals surface area (Å²) >= 11 is 1.18. The SMILES string of the molecule is COc1cccc(C(=O)NCCc2nnc(NC(=O)Cn3cnc4c3c(=O)n(C)c(=O)n4C)s2)c1. The van der Waals surface area contributed by atoms with Crippen LogP contribution in [0.1, 0.15) is 15.4 Å². The topological polar surface area (TPSA) is 155 Å². The fourth-order valence-corrected chi connectivity index (χ4v) is 4.14. The van der Waals surface area contributed by atoms with E-state index in [9.17, 15) is 19.2 Å². The number of carbonyl (C=O) groups is 2. The average Bonchev–Trinajstić information content (AvgIpc) is 3.48. The number of nitrogens with one attached hydrogen (secondary N) is 2. The van der Waals surface area contributed by atoms with Crippen molar-refractivity contribution in [2.75, 3.05) is 19.0 Å². The lowest BCUT2D eigenvalue weighted by molar-refractivity contribution is -0.116. The first-order chi connectivity index (χ1) is 16.8. The third-order valence-electron chi connectivity index (χ3n) is 5.20. The quantitative estimate of drug-likeness (QED) is 0.341. The molecule has 0 unspecified atom stereocenters. The number of imidazole rings is 1. The zero-order valence-corrected chi connectivity index (χ0v) is 20.0. The highest BCUT2D eigenvalue weighted by atomic mass is 32.1. The number of methoxy groups -OCH3 is 1. The normalized spacial score (nSPS) is 10.9. The number of amides is 2. The van der Waals surface area contributed by atoms with Gasteiger partial charge in [0.2, 0.25) is 11.0 Å². The number of hydrogen-bond donors (Lipinski definition) is 2. The number of aryl methyl sites for hydroxylation is 1. The van der Waals surface area contributed by atoms with E-state index in [1.54, 1.807) is 24.3 Å². The van der Waals surface area contributed by atoms with Crippen molar-refractivity contribution >= 4 is 39.4 Å². The van der Waals surface area contributed by atoms with Crippen LogP contribution in [0.2, 0.25) is 0 Å². The average molecular weight is 499 g/mol. The number of aromatic nitrogens is 6. The van der Waals surface area contributed by atoms with Crippen LogP contribution in [0.5, 0.6) is 5.75 Å². The van der Waals surface area contributed by atoms with Crippen molar-refractivity contribution in [2.45, 2.75) is 13.0 Å². The lowest BCUT2D eigenvalue weighted by Gasteiger charge is -2.06. The molecule has 0 aliphatic carbocycles. The number of nitrogens with zero attached hydrogens (tertiary/aromatic N) is 6. The van der Waals surface area contributed by atoms with Gasteiger partial charge >= 0.3 is 5.69 Å². The molecule has 0 saturated heterocycles. The Morgan fingerprint density at radius 3 is 2.71 bits per heavy atom. The van der Waals surface area contributed by atoms with Crippen molar-refractivity contribution < 1.29 is 14.3 Å². The van der Waals surface area contributed by atoms with E-state index in [1.807, 2.05) is 0 Å². The molecular formula is C21H22N8O5S. The second-order valence-electron chi connectivity index (χ2n) is 7.54. The van der Waals surface area contributed by atoms with Crippen LogP contribution < -0.4 is 26.6 Å². The molecule has 182 valence electrons. The van der Waals surface area contributed by atoms with E-state index in [4.69, 9.17) is 4.74 Å². The molecule has 0 bridgehead atoms. The van der Waals surface area contributed by atoms with E-state index >= 15 is 0 Å². The van der Waals surface area contributed by atoms with E-state index in [-0.39, 0.29) is 28.7 Å². The Kier molecular flexibility index (Phi) is 6.73. The highest BCUT2D eigenvalue weighted by Crippen LogP contribution is 2.16. The molecule has 0 spiro atoms. The predicted octanol–water partition coefficient (Wildman–Crippen LogP) is -0.0950. The number of hydrogen-bond acceptors (Lipinski definition) is 9. The molecule has 0 fully saturated rings. The van der Waals surface area contributed by atoms with Gasteiger partial charge in [0, 0.05) is 32.6 Å². The Bertz CT molecular complexity index is 1530. The van der Waals surface area contributed by atoms with Crippen molar-refractivity contribution in [3.05, 3.63) is 62.0 Å². The number of anilines is 1. The van der Waals surface area contributed by atoms with Crippen LogP contribution in [0.15, 0.2) is 40.2 Å². The van der Waals surface area contributed by atoms with Gasteiger partial charge in [0.1, 0.15) is 17.3 Å². The summed E-state index contributed by atoms with van der Waals surface area (Å²) in [5.41, 5.74) is -0.216. The highest BCUT2D eigenvalue weighted by Gasteiger charge is 2.17. The largest absolute Gasteiger partial charge is 0.497 e. The lowest BCUT2D eigenvalue weighted by atomic mass is 10.2. The first-order valence-corrected chi connectivity index (χ1v) is 11.3. The van der Waals surface area contributed by atoms with E-state index < -0.39 is 17.2 Å². The molecule has 4 rings (SSSR count). The van der Waals surface area contributed by atoms with Gasteiger partial charge in [-0.25, -0.2) is 9.78 Å². The maximum absolute atomic E-state index is 12.5. The van der Waals surface area contributed by atoms with Gasteiger partial charge in [-0.1, -0.05) is 17.4 Å². The summed E-state index contributed by atoms with van der Waals surface area (Å²) in [6.07, 6.45) is 1.76. The number of ether oxygens (including phenoxy) is 1. The molecule has 0 aliphatic heterocycles. The molecule has 35 heavy (non-hydrogen) atoms. The molecule has 2 amide bonds. The third kappa shape index (κ3) is 4.96. The second-order valence-corrected chi connectivity index (χ2v) is 8.60. The summed E-state index contributed by atoms with van der Waals surface area (Å²) < 4.78 is 8.71. The van der Waals surface area contributed by atoms with Crippen LogP contribution in [0.4, 0.5) is 5.13 Å². The number of carbonyl (C=O) groups excluding carboxylic acids is 2. The van der Waals surface area contributed by atoms with Crippen LogP contribution in [-0.2, 0) is 31.9 Å². The zero-order chi connectivity index (χ0) is 25.1. The Hall–Kier alpha value is -4.33. The molecule has 2 N–H and O–H groups in total. The minimum absolute atomic E-state index is 0.148. The van der Waals surface area contributed by atoms with Crippen LogP contribution >= 0.6 is 11.3 Å². The van der Waals surface area contributed by atoms with Crippen molar-refractivity contribution in [1.82, 2.24) is 34.2 Å². The first-order valence-electron chi connectivity index (χ1n) is 10.4. The number of rotatable bonds is 8. The van der Waals surface area contributed by atoms with E-state index in [0.717, 1.165) is 4.57 Å². The molecule has 0 saturated carbocycles. The summed E-state index contributed by atoms with van der Waals surface area (Å²) in [6.45, 7) is 0.136. The molecule has 0 atom stereocenters. The Labute approximate surface area is 202 Å². The van der Waals surface area contributed by atoms with E-state index in [1.165, 1.54) is 48.0 Å². The molecule has 0 aliphatic rings. The van der Waals surface area contributed by atoms with Gasteiger partial charge < -0.3 is 14.6 Å². The molecule has 14 heteroatoms. The van der Waals surface area contributed by atoms with Crippen LogP contribution in [-0.4, -0.2) is 54.4 Å². The van der Waals surface area contributed by atoms with Crippen molar-refractivity contribution in [1.29, 1.82) is 0 Å². The van der Waals surface area contributed by atoms with Crippen molar-refractivity contribution in [3.8, 4) is 5.75 Å². The van der Waals surface area contributed by atoms with Gasteiger partial charge in [-0.15, -0.1) is 10.2 Å². The highest BCUT2D eigenvalue weighted by molar-refractivity contribution is 7.15. The summed E-state index contributed by atoms with van der Waals surface area (Å²) in [7, 11) is 4.40. The van der Waals surface area contributed by atoms with Gasteiger partial charge in [0.05, 0.1) is 13.4 Å². The smallest absolute Gasteiger partial charge is 0.332 e. The van der Waals surface area contributed by atoms with Crippen LogP contribution in [0.25, 0.3) is 11.2 Å². The third-order valence-corrected chi connectivity index (χ3v) is 6.10. The molecule has 3 heterocycles. The van der Waals surface area contributed by atoms with Crippen LogP contribution in [0.3, 0.4) is 0 Å². The molecule has 0 radical (unpaired) electrons. The fraction of sp³-hybridized carbons (Fsp3) is 0.286. The monoisotopic (exact) mass is 498 g/mol. The summed E-state index contributed by atoms with van der Waals surface area (Å²) in [4.78, 5) is 53.4. The van der Waals surface area contributed by atoms with Gasteiger partial charge in [-0.2, -0.15) is 0 Å². The Morgan fingerprint density at radius 2 is 1.94 bits per heavy atom. The summed E-state index contributed by atoms with van der Waals surface area (Å²) in [6, 6.07) is 6.83. The Balaban J connectivity index is 1.34. The second kappa shape index (κ2) is 9.89. The maximum atomic E-state index is 12.5. The predicted molar refractivity (Wildman–Crippen MR) is 128 cm³/mol. The number of fused-ring (bicyclic) bond motifs is 1. The van der Waals surface area contributed by atoms with Crippen LogP contribution in [0, 0.1) is 0 Å². The minimum atomic E-state index is -0.539. The molecule has 4 aromatic rings. The molecule has 3 aromatic heterocycles. The van der Waals surface area contributed by atoms with E-state index in [2.05, 4.69) is 25.8 Å². The maximum Gasteiger partial charge on any atom is 0.332 e. The molecule has 1 aromatic carbocycles. The van der Waals surface area contributed by atoms with Gasteiger partial charge in [-0.05, 0) is 18.2 Å². The summed E-state index contributed by atoms with van der Waals surface area (Å²) in [5, 5.41) is 14.3. The van der Waals surface area contributed by atoms with Crippen molar-refractivity contribution in [2.24, 2.45) is 14.1 Å². The summed E-state index contributed by atoms with van der Waals surface area (Å²) in [5.74, 6) is -0.0809. The number of benzene rings is 1. The fourth-order valence-electron chi connectivity index (χ4n) is 3.38. The van der Waals surface area contributed by atoms with Crippen molar-refractivity contribution in [3.63, 3.8) is 0 Å². The molecular weight excluding hydrogens is 476 g/mol. The first kappa shape index (κ1) is 23.8.